The number of nitrogens with one attached hydrogen (secondary N) is 1. The average molecular weight is 312 g/mol. The van der Waals surface area contributed by atoms with E-state index in [1.807, 2.05) is 19.1 Å². The van der Waals surface area contributed by atoms with Gasteiger partial charge >= 0.3 is 0 Å². The summed E-state index contributed by atoms with van der Waals surface area (Å²) in [7, 11) is 1.60. The number of methoxy groups -OCH3 is 1. The van der Waals surface area contributed by atoms with E-state index in [1.54, 1.807) is 18.4 Å². The van der Waals surface area contributed by atoms with Gasteiger partial charge in [0.2, 0.25) is 0 Å². The van der Waals surface area contributed by atoms with Crippen LogP contribution >= 0.6 is 22.9 Å². The normalized spacial score (nSPS) is 10.6. The van der Waals surface area contributed by atoms with Crippen LogP contribution in [0, 0.1) is 0 Å². The molecule has 0 aliphatic carbocycles. The van der Waals surface area contributed by atoms with E-state index in [1.165, 1.54) is 4.88 Å². The zero-order valence-electron chi connectivity index (χ0n) is 11.6. The van der Waals surface area contributed by atoms with Gasteiger partial charge in [0.05, 0.1) is 18.7 Å². The number of ether oxygens (including phenoxy) is 2. The van der Waals surface area contributed by atoms with Gasteiger partial charge in [0.15, 0.2) is 11.5 Å². The Bertz CT molecular complexity index is 543. The topological polar surface area (TPSA) is 30.5 Å². The molecule has 0 unspecified atom stereocenters. The van der Waals surface area contributed by atoms with E-state index < -0.39 is 0 Å². The Kier molecular flexibility index (Phi) is 5.71. The molecule has 1 aromatic carbocycles. The van der Waals surface area contributed by atoms with Gasteiger partial charge in [-0.05, 0) is 36.1 Å². The molecule has 1 heterocycles. The molecule has 0 radical (unpaired) electrons. The van der Waals surface area contributed by atoms with Crippen LogP contribution in [-0.4, -0.2) is 13.7 Å². The standard InChI is InChI=1S/C15H18ClNO2S/c1-3-19-14-8-11(7-13(16)15(14)18-2)9-17-10-12-5-4-6-20-12/h4-8,17H,3,9-10H2,1-2H3. The highest BCUT2D eigenvalue weighted by Crippen LogP contribution is 2.36. The molecule has 3 nitrogen and oxygen atoms in total. The molecule has 0 atom stereocenters. The minimum Gasteiger partial charge on any atom is -0.491 e. The van der Waals surface area contributed by atoms with E-state index in [2.05, 4.69) is 22.8 Å². The van der Waals surface area contributed by atoms with Crippen LogP contribution in [0.15, 0.2) is 29.6 Å². The predicted molar refractivity (Wildman–Crippen MR) is 84.0 cm³/mol. The molecule has 1 aromatic heterocycles. The largest absolute Gasteiger partial charge is 0.491 e. The zero-order chi connectivity index (χ0) is 14.4. The van der Waals surface area contributed by atoms with E-state index in [4.69, 9.17) is 21.1 Å². The van der Waals surface area contributed by atoms with E-state index >= 15 is 0 Å². The van der Waals surface area contributed by atoms with Crippen LogP contribution in [0.3, 0.4) is 0 Å². The van der Waals surface area contributed by atoms with Crippen molar-refractivity contribution in [2.24, 2.45) is 0 Å². The third kappa shape index (κ3) is 3.88. The Morgan fingerprint density at radius 3 is 2.80 bits per heavy atom. The molecule has 20 heavy (non-hydrogen) atoms. The van der Waals surface area contributed by atoms with Crippen LogP contribution in [0.1, 0.15) is 17.4 Å². The molecule has 2 aromatic rings. The Hall–Kier alpha value is -1.23. The Labute approximate surface area is 128 Å². The molecule has 0 spiro atoms. The number of benzene rings is 1. The highest BCUT2D eigenvalue weighted by atomic mass is 35.5. The molecule has 0 aliphatic rings. The van der Waals surface area contributed by atoms with E-state index in [0.717, 1.165) is 18.7 Å². The van der Waals surface area contributed by atoms with Gasteiger partial charge in [-0.3, -0.25) is 0 Å². The van der Waals surface area contributed by atoms with Gasteiger partial charge in [0, 0.05) is 18.0 Å². The lowest BCUT2D eigenvalue weighted by atomic mass is 10.2. The summed E-state index contributed by atoms with van der Waals surface area (Å²) < 4.78 is 10.8. The zero-order valence-corrected chi connectivity index (χ0v) is 13.2. The Morgan fingerprint density at radius 1 is 1.30 bits per heavy atom. The predicted octanol–water partition coefficient (Wildman–Crippen LogP) is 4.10. The SMILES string of the molecule is CCOc1cc(CNCc2cccs2)cc(Cl)c1OC. The van der Waals surface area contributed by atoms with Gasteiger partial charge < -0.3 is 14.8 Å². The summed E-state index contributed by atoms with van der Waals surface area (Å²) in [6.45, 7) is 4.11. The van der Waals surface area contributed by atoms with Crippen molar-refractivity contribution >= 4 is 22.9 Å². The van der Waals surface area contributed by atoms with Gasteiger partial charge in [-0.15, -0.1) is 11.3 Å². The van der Waals surface area contributed by atoms with Crippen molar-refractivity contribution in [3.05, 3.63) is 45.1 Å². The molecule has 0 saturated carbocycles. The maximum atomic E-state index is 6.22. The maximum absolute atomic E-state index is 6.22. The second-order valence-corrected chi connectivity index (χ2v) is 5.66. The molecule has 5 heteroatoms. The van der Waals surface area contributed by atoms with Crippen molar-refractivity contribution in [3.63, 3.8) is 0 Å². The smallest absolute Gasteiger partial charge is 0.179 e. The first-order chi connectivity index (χ1) is 9.74. The number of hydrogen-bond donors (Lipinski definition) is 1. The minimum absolute atomic E-state index is 0.575. The van der Waals surface area contributed by atoms with Crippen LogP contribution in [0.5, 0.6) is 11.5 Å². The monoisotopic (exact) mass is 311 g/mol. The summed E-state index contributed by atoms with van der Waals surface area (Å²) >= 11 is 7.96. The molecule has 0 fully saturated rings. The molecule has 0 saturated heterocycles. The quantitative estimate of drug-likeness (QED) is 0.835. The van der Waals surface area contributed by atoms with Gasteiger partial charge in [0.1, 0.15) is 0 Å². The molecule has 0 aliphatic heterocycles. The fourth-order valence-corrected chi connectivity index (χ4v) is 2.91. The first-order valence-corrected chi connectivity index (χ1v) is 7.72. The Balaban J connectivity index is 2.03. The fourth-order valence-electron chi connectivity index (χ4n) is 1.93. The van der Waals surface area contributed by atoms with Gasteiger partial charge in [0.25, 0.3) is 0 Å². The third-order valence-corrected chi connectivity index (χ3v) is 3.94. The summed E-state index contributed by atoms with van der Waals surface area (Å²) in [5, 5.41) is 6.05. The van der Waals surface area contributed by atoms with Crippen molar-refractivity contribution in [2.75, 3.05) is 13.7 Å². The number of hydrogen-bond acceptors (Lipinski definition) is 4. The summed E-state index contributed by atoms with van der Waals surface area (Å²) in [6, 6.07) is 8.05. The van der Waals surface area contributed by atoms with E-state index in [0.29, 0.717) is 23.1 Å². The molecular weight excluding hydrogens is 294 g/mol. The van der Waals surface area contributed by atoms with E-state index in [-0.39, 0.29) is 0 Å². The third-order valence-electron chi connectivity index (χ3n) is 2.78. The van der Waals surface area contributed by atoms with Crippen molar-refractivity contribution in [1.29, 1.82) is 0 Å². The lowest BCUT2D eigenvalue weighted by molar-refractivity contribution is 0.310. The average Bonchev–Trinajstić information content (AvgIpc) is 2.92. The highest BCUT2D eigenvalue weighted by Gasteiger charge is 2.11. The fraction of sp³-hybridized carbons (Fsp3) is 0.333. The highest BCUT2D eigenvalue weighted by molar-refractivity contribution is 7.09. The minimum atomic E-state index is 0.575. The molecule has 108 valence electrons. The van der Waals surface area contributed by atoms with Crippen LogP contribution in [0.4, 0.5) is 0 Å². The molecule has 0 bridgehead atoms. The van der Waals surface area contributed by atoms with Crippen molar-refractivity contribution < 1.29 is 9.47 Å². The lowest BCUT2D eigenvalue weighted by Gasteiger charge is -2.13. The second-order valence-electron chi connectivity index (χ2n) is 4.22. The number of rotatable bonds is 7. The summed E-state index contributed by atoms with van der Waals surface area (Å²) in [4.78, 5) is 1.31. The second kappa shape index (κ2) is 7.53. The van der Waals surface area contributed by atoms with Crippen LogP contribution < -0.4 is 14.8 Å². The van der Waals surface area contributed by atoms with Crippen LogP contribution in [-0.2, 0) is 13.1 Å². The van der Waals surface area contributed by atoms with Crippen molar-refractivity contribution in [3.8, 4) is 11.5 Å². The molecular formula is C15H18ClNO2S. The molecule has 0 amide bonds. The van der Waals surface area contributed by atoms with E-state index in [9.17, 15) is 0 Å². The number of thiophene rings is 1. The van der Waals surface area contributed by atoms with Crippen LogP contribution in [0.2, 0.25) is 5.02 Å². The first kappa shape index (κ1) is 15.2. The summed E-state index contributed by atoms with van der Waals surface area (Å²) in [6.07, 6.45) is 0. The maximum Gasteiger partial charge on any atom is 0.179 e. The lowest BCUT2D eigenvalue weighted by Crippen LogP contribution is -2.12. The van der Waals surface area contributed by atoms with Gasteiger partial charge in [-0.25, -0.2) is 0 Å². The first-order valence-electron chi connectivity index (χ1n) is 6.47. The summed E-state index contributed by atoms with van der Waals surface area (Å²) in [5.74, 6) is 1.28. The number of halogens is 1. The van der Waals surface area contributed by atoms with Crippen molar-refractivity contribution in [2.45, 2.75) is 20.0 Å². The van der Waals surface area contributed by atoms with Gasteiger partial charge in [-0.2, -0.15) is 0 Å². The van der Waals surface area contributed by atoms with Crippen molar-refractivity contribution in [1.82, 2.24) is 5.32 Å². The summed E-state index contributed by atoms with van der Waals surface area (Å²) in [5.41, 5.74) is 1.08. The Morgan fingerprint density at radius 2 is 2.15 bits per heavy atom. The van der Waals surface area contributed by atoms with Gasteiger partial charge in [-0.1, -0.05) is 17.7 Å². The molecule has 2 rings (SSSR count). The van der Waals surface area contributed by atoms with Crippen LogP contribution in [0.25, 0.3) is 0 Å². The molecule has 1 N–H and O–H groups in total.